The van der Waals surface area contributed by atoms with Crippen molar-refractivity contribution in [2.45, 2.75) is 18.9 Å². The minimum Gasteiger partial charge on any atom is -0.337 e. The molecule has 5 heteroatoms. The zero-order chi connectivity index (χ0) is 12.0. The van der Waals surface area contributed by atoms with Gasteiger partial charge in [0.05, 0.1) is 0 Å². The average molecular weight is 252 g/mol. The molecule has 1 aliphatic heterocycles. The number of nitrogens with one attached hydrogen (secondary N) is 1. The molecule has 1 aromatic carbocycles. The van der Waals surface area contributed by atoms with Crippen molar-refractivity contribution in [3.05, 3.63) is 52.1 Å². The van der Waals surface area contributed by atoms with Crippen LogP contribution >= 0.6 is 12.2 Å². The van der Waals surface area contributed by atoms with E-state index in [9.17, 15) is 8.78 Å². The zero-order valence-corrected chi connectivity index (χ0v) is 9.73. The highest BCUT2D eigenvalue weighted by atomic mass is 32.1. The van der Waals surface area contributed by atoms with Gasteiger partial charge in [-0.15, -0.1) is 0 Å². The van der Waals surface area contributed by atoms with E-state index in [1.165, 1.54) is 18.2 Å². The summed E-state index contributed by atoms with van der Waals surface area (Å²) in [6.45, 7) is 0.537. The number of aromatic nitrogens is 2. The van der Waals surface area contributed by atoms with Gasteiger partial charge in [0.2, 0.25) is 0 Å². The van der Waals surface area contributed by atoms with E-state index in [-0.39, 0.29) is 11.5 Å². The molecule has 0 saturated carbocycles. The van der Waals surface area contributed by atoms with Crippen LogP contribution < -0.4 is 0 Å². The third-order valence-corrected chi connectivity index (χ3v) is 3.56. The smallest absolute Gasteiger partial charge is 0.177 e. The molecule has 1 atom stereocenters. The van der Waals surface area contributed by atoms with Crippen LogP contribution in [0.3, 0.4) is 0 Å². The fourth-order valence-electron chi connectivity index (χ4n) is 2.43. The second-order valence-corrected chi connectivity index (χ2v) is 4.62. The zero-order valence-electron chi connectivity index (χ0n) is 8.91. The lowest BCUT2D eigenvalue weighted by molar-refractivity contribution is 0.513. The van der Waals surface area contributed by atoms with Crippen molar-refractivity contribution in [1.82, 2.24) is 9.55 Å². The molecule has 0 saturated heterocycles. The monoisotopic (exact) mass is 252 g/mol. The standard InChI is InChI=1S/C12H10F2N2S/c13-9-2-1-3-10(14)11(9)7-4-8-5-15-12(17)16(8)6-7/h1-3,5,7H,4,6H2,(H,15,17). The molecule has 0 radical (unpaired) electrons. The van der Waals surface area contributed by atoms with Gasteiger partial charge in [0, 0.05) is 29.9 Å². The first-order chi connectivity index (χ1) is 8.16. The van der Waals surface area contributed by atoms with Crippen molar-refractivity contribution in [3.8, 4) is 0 Å². The normalized spacial score (nSPS) is 18.4. The predicted molar refractivity (Wildman–Crippen MR) is 62.4 cm³/mol. The fourth-order valence-corrected chi connectivity index (χ4v) is 2.68. The lowest BCUT2D eigenvalue weighted by atomic mass is 9.96. The Kier molecular flexibility index (Phi) is 2.36. The number of nitrogens with zero attached hydrogens (tertiary/aromatic N) is 1. The van der Waals surface area contributed by atoms with Crippen LogP contribution in [0.2, 0.25) is 0 Å². The molecule has 88 valence electrons. The molecule has 1 unspecified atom stereocenters. The van der Waals surface area contributed by atoms with Crippen LogP contribution in [-0.4, -0.2) is 9.55 Å². The van der Waals surface area contributed by atoms with Crippen molar-refractivity contribution in [3.63, 3.8) is 0 Å². The first-order valence-electron chi connectivity index (χ1n) is 5.38. The molecule has 2 aromatic rings. The highest BCUT2D eigenvalue weighted by Crippen LogP contribution is 2.32. The largest absolute Gasteiger partial charge is 0.337 e. The van der Waals surface area contributed by atoms with Crippen molar-refractivity contribution in [2.24, 2.45) is 0 Å². The Balaban J connectivity index is 2.02. The van der Waals surface area contributed by atoms with Gasteiger partial charge in [-0.05, 0) is 30.8 Å². The molecular weight excluding hydrogens is 242 g/mol. The molecule has 2 heterocycles. The first kappa shape index (κ1) is 10.7. The predicted octanol–water partition coefficient (Wildman–Crippen LogP) is 3.16. The molecule has 0 amide bonds. The topological polar surface area (TPSA) is 20.7 Å². The third kappa shape index (κ3) is 1.61. The van der Waals surface area contributed by atoms with Crippen LogP contribution in [0.15, 0.2) is 24.4 Å². The molecular formula is C12H10F2N2S. The van der Waals surface area contributed by atoms with Gasteiger partial charge in [0.1, 0.15) is 11.6 Å². The Labute approximate surface area is 102 Å². The molecule has 0 bridgehead atoms. The average Bonchev–Trinajstić information content (AvgIpc) is 2.82. The van der Waals surface area contributed by atoms with Crippen molar-refractivity contribution in [2.75, 3.05) is 0 Å². The summed E-state index contributed by atoms with van der Waals surface area (Å²) in [5.41, 5.74) is 1.17. The maximum atomic E-state index is 13.6. The first-order valence-corrected chi connectivity index (χ1v) is 5.78. The van der Waals surface area contributed by atoms with Crippen LogP contribution in [0.4, 0.5) is 8.78 Å². The second kappa shape index (κ2) is 3.77. The summed E-state index contributed by atoms with van der Waals surface area (Å²) < 4.78 is 29.8. The number of benzene rings is 1. The summed E-state index contributed by atoms with van der Waals surface area (Å²) in [5, 5.41) is 0. The van der Waals surface area contributed by atoms with Gasteiger partial charge in [-0.2, -0.15) is 0 Å². The molecule has 2 nitrogen and oxygen atoms in total. The number of fused-ring (bicyclic) bond motifs is 1. The Bertz CT molecular complexity index is 609. The molecule has 0 spiro atoms. The molecule has 1 aliphatic rings. The second-order valence-electron chi connectivity index (χ2n) is 4.23. The van der Waals surface area contributed by atoms with E-state index in [2.05, 4.69) is 4.98 Å². The van der Waals surface area contributed by atoms with Gasteiger partial charge < -0.3 is 9.55 Å². The minimum atomic E-state index is -0.476. The number of halogens is 2. The Morgan fingerprint density at radius 2 is 2.00 bits per heavy atom. The van der Waals surface area contributed by atoms with Gasteiger partial charge in [-0.1, -0.05) is 6.07 Å². The number of hydrogen-bond acceptors (Lipinski definition) is 1. The van der Waals surface area contributed by atoms with E-state index in [0.717, 1.165) is 5.69 Å². The quantitative estimate of drug-likeness (QED) is 0.773. The van der Waals surface area contributed by atoms with Crippen LogP contribution in [0, 0.1) is 16.4 Å². The summed E-state index contributed by atoms with van der Waals surface area (Å²) in [6, 6.07) is 3.98. The summed E-state index contributed by atoms with van der Waals surface area (Å²) in [5.74, 6) is -1.12. The highest BCUT2D eigenvalue weighted by molar-refractivity contribution is 7.71. The fraction of sp³-hybridized carbons (Fsp3) is 0.250. The van der Waals surface area contributed by atoms with Crippen LogP contribution in [0.25, 0.3) is 0 Å². The molecule has 17 heavy (non-hydrogen) atoms. The van der Waals surface area contributed by atoms with E-state index >= 15 is 0 Å². The van der Waals surface area contributed by atoms with E-state index in [1.807, 2.05) is 4.57 Å². The summed E-state index contributed by atoms with van der Waals surface area (Å²) in [6.07, 6.45) is 2.42. The summed E-state index contributed by atoms with van der Waals surface area (Å²) in [7, 11) is 0. The molecule has 1 aromatic heterocycles. The van der Waals surface area contributed by atoms with E-state index in [0.29, 0.717) is 17.7 Å². The maximum Gasteiger partial charge on any atom is 0.177 e. The molecule has 3 rings (SSSR count). The number of aromatic amines is 1. The Hall–Kier alpha value is -1.49. The number of rotatable bonds is 1. The van der Waals surface area contributed by atoms with Gasteiger partial charge in [-0.3, -0.25) is 0 Å². The van der Waals surface area contributed by atoms with E-state index < -0.39 is 11.6 Å². The third-order valence-electron chi connectivity index (χ3n) is 3.22. The minimum absolute atomic E-state index is 0.164. The van der Waals surface area contributed by atoms with Crippen LogP contribution in [0.1, 0.15) is 17.2 Å². The van der Waals surface area contributed by atoms with Crippen molar-refractivity contribution < 1.29 is 8.78 Å². The number of H-pyrrole nitrogens is 1. The lowest BCUT2D eigenvalue weighted by Gasteiger charge is -2.11. The maximum absolute atomic E-state index is 13.6. The van der Waals surface area contributed by atoms with Crippen molar-refractivity contribution in [1.29, 1.82) is 0 Å². The van der Waals surface area contributed by atoms with E-state index in [4.69, 9.17) is 12.2 Å². The van der Waals surface area contributed by atoms with Gasteiger partial charge >= 0.3 is 0 Å². The van der Waals surface area contributed by atoms with E-state index in [1.54, 1.807) is 6.20 Å². The Morgan fingerprint density at radius 3 is 2.65 bits per heavy atom. The number of hydrogen-bond donors (Lipinski definition) is 1. The van der Waals surface area contributed by atoms with Crippen LogP contribution in [-0.2, 0) is 13.0 Å². The molecule has 0 fully saturated rings. The summed E-state index contributed by atoms with van der Waals surface area (Å²) in [4.78, 5) is 2.93. The lowest BCUT2D eigenvalue weighted by Crippen LogP contribution is -2.06. The van der Waals surface area contributed by atoms with Crippen molar-refractivity contribution >= 4 is 12.2 Å². The van der Waals surface area contributed by atoms with Gasteiger partial charge in [0.15, 0.2) is 4.77 Å². The SMILES string of the molecule is Fc1cccc(F)c1C1Cc2c[nH]c(=S)n2C1. The Morgan fingerprint density at radius 1 is 1.29 bits per heavy atom. The van der Waals surface area contributed by atoms with Gasteiger partial charge in [0.25, 0.3) is 0 Å². The molecule has 1 N–H and O–H groups in total. The number of imidazole rings is 1. The highest BCUT2D eigenvalue weighted by Gasteiger charge is 2.28. The summed E-state index contributed by atoms with van der Waals surface area (Å²) >= 11 is 5.10. The molecule has 0 aliphatic carbocycles. The van der Waals surface area contributed by atoms with Crippen LogP contribution in [0.5, 0.6) is 0 Å². The van der Waals surface area contributed by atoms with Gasteiger partial charge in [-0.25, -0.2) is 8.78 Å².